The number of methoxy groups -OCH3 is 2. The number of nitrogens with one attached hydrogen (secondary N) is 1. The topological polar surface area (TPSA) is 112 Å². The molecule has 0 aliphatic heterocycles. The Morgan fingerprint density at radius 2 is 1.61 bits per heavy atom. The molecule has 11 heteroatoms. The van der Waals surface area contributed by atoms with Crippen LogP contribution in [0, 0.1) is 0 Å². The van der Waals surface area contributed by atoms with Gasteiger partial charge < -0.3 is 14.8 Å². The van der Waals surface area contributed by atoms with Crippen molar-refractivity contribution in [3.8, 4) is 17.2 Å². The first-order valence-electron chi connectivity index (χ1n) is 11.8. The van der Waals surface area contributed by atoms with Gasteiger partial charge in [-0.05, 0) is 48.4 Å². The van der Waals surface area contributed by atoms with Gasteiger partial charge in [0.25, 0.3) is 0 Å². The number of benzene rings is 3. The molecule has 1 N–H and O–H groups in total. The quantitative estimate of drug-likeness (QED) is 0.265. The van der Waals surface area contributed by atoms with E-state index in [2.05, 4.69) is 15.5 Å². The number of hydrogen-bond donors (Lipinski definition) is 1. The molecule has 4 rings (SSSR count). The van der Waals surface area contributed by atoms with E-state index in [0.717, 1.165) is 5.56 Å². The van der Waals surface area contributed by atoms with Crippen LogP contribution in [0.15, 0.2) is 88.9 Å². The molecular formula is C27H28N4O5S2. The van der Waals surface area contributed by atoms with E-state index in [-0.39, 0.29) is 28.1 Å². The molecule has 0 saturated heterocycles. The number of para-hydroxylation sites is 1. The van der Waals surface area contributed by atoms with Crippen LogP contribution in [0.2, 0.25) is 0 Å². The minimum absolute atomic E-state index is 0.0995. The number of rotatable bonds is 12. The minimum atomic E-state index is -3.64. The molecule has 0 aliphatic carbocycles. The van der Waals surface area contributed by atoms with Crippen molar-refractivity contribution in [1.29, 1.82) is 0 Å². The summed E-state index contributed by atoms with van der Waals surface area (Å²) in [6.07, 6.45) is 0.623. The van der Waals surface area contributed by atoms with Gasteiger partial charge in [0.05, 0.1) is 24.9 Å². The van der Waals surface area contributed by atoms with Gasteiger partial charge in [0.15, 0.2) is 32.3 Å². The van der Waals surface area contributed by atoms with Crippen LogP contribution in [0.5, 0.6) is 11.5 Å². The van der Waals surface area contributed by atoms with E-state index in [1.165, 1.54) is 11.8 Å². The fraction of sp³-hybridized carbons (Fsp3) is 0.222. The Morgan fingerprint density at radius 3 is 2.29 bits per heavy atom. The second-order valence-corrected chi connectivity index (χ2v) is 11.2. The third-order valence-corrected chi connectivity index (χ3v) is 8.21. The maximum atomic E-state index is 13.0. The van der Waals surface area contributed by atoms with E-state index in [9.17, 15) is 13.2 Å². The molecule has 1 amide bonds. The lowest BCUT2D eigenvalue weighted by Crippen LogP contribution is -2.27. The molecule has 0 radical (unpaired) electrons. The van der Waals surface area contributed by atoms with Gasteiger partial charge in [-0.1, -0.05) is 54.2 Å². The number of amides is 1. The highest BCUT2D eigenvalue weighted by Crippen LogP contribution is 2.28. The normalized spacial score (nSPS) is 11.2. The molecule has 1 aromatic heterocycles. The number of aromatic nitrogens is 3. The zero-order valence-corrected chi connectivity index (χ0v) is 22.7. The second kappa shape index (κ2) is 12.6. The fourth-order valence-corrected chi connectivity index (χ4v) is 5.83. The Morgan fingerprint density at radius 1 is 0.921 bits per heavy atom. The summed E-state index contributed by atoms with van der Waals surface area (Å²) in [6.45, 7) is 0.445. The molecular weight excluding hydrogens is 524 g/mol. The van der Waals surface area contributed by atoms with Crippen LogP contribution in [-0.2, 0) is 26.8 Å². The van der Waals surface area contributed by atoms with Crippen LogP contribution in [0.1, 0.15) is 11.4 Å². The average Bonchev–Trinajstić information content (AvgIpc) is 3.34. The van der Waals surface area contributed by atoms with Crippen molar-refractivity contribution in [1.82, 2.24) is 20.1 Å². The number of carbonyl (C=O) groups excluding carboxylic acids is 1. The van der Waals surface area contributed by atoms with Crippen LogP contribution in [0.3, 0.4) is 0 Å². The van der Waals surface area contributed by atoms with Gasteiger partial charge in [-0.3, -0.25) is 9.36 Å². The van der Waals surface area contributed by atoms with Crippen LogP contribution in [0.25, 0.3) is 5.69 Å². The molecule has 0 atom stereocenters. The van der Waals surface area contributed by atoms with E-state index in [4.69, 9.17) is 9.47 Å². The summed E-state index contributed by atoms with van der Waals surface area (Å²) in [4.78, 5) is 12.8. The number of carbonyl (C=O) groups is 1. The predicted molar refractivity (Wildman–Crippen MR) is 146 cm³/mol. The molecule has 9 nitrogen and oxygen atoms in total. The lowest BCUT2D eigenvalue weighted by atomic mass is 10.1. The van der Waals surface area contributed by atoms with Crippen molar-refractivity contribution in [2.24, 2.45) is 0 Å². The third-order valence-electron chi connectivity index (χ3n) is 5.65. The molecule has 4 aromatic rings. The van der Waals surface area contributed by atoms with Gasteiger partial charge in [0.2, 0.25) is 5.91 Å². The fourth-order valence-electron chi connectivity index (χ4n) is 3.77. The molecule has 0 spiro atoms. The Bertz CT molecular complexity index is 1480. The molecule has 0 bridgehead atoms. The SMILES string of the molecule is COc1ccc(CCNC(=O)CSc2nnc(CS(=O)(=O)c3ccccc3)n2-c2ccccc2)cc1OC. The maximum absolute atomic E-state index is 13.0. The van der Waals surface area contributed by atoms with Crippen molar-refractivity contribution in [2.45, 2.75) is 22.2 Å². The molecule has 198 valence electrons. The molecule has 0 fully saturated rings. The molecule has 0 unspecified atom stereocenters. The summed E-state index contributed by atoms with van der Waals surface area (Å²) >= 11 is 1.20. The number of sulfone groups is 1. The first-order valence-corrected chi connectivity index (χ1v) is 14.4. The molecule has 38 heavy (non-hydrogen) atoms. The molecule has 0 aliphatic rings. The molecule has 3 aromatic carbocycles. The molecule has 0 saturated carbocycles. The summed E-state index contributed by atoms with van der Waals surface area (Å²) in [7, 11) is -0.475. The average molecular weight is 553 g/mol. The Kier molecular flexibility index (Phi) is 9.03. The van der Waals surface area contributed by atoms with Gasteiger partial charge in [0.1, 0.15) is 5.75 Å². The third kappa shape index (κ3) is 6.73. The molecule has 1 heterocycles. The Balaban J connectivity index is 1.42. The summed E-state index contributed by atoms with van der Waals surface area (Å²) in [5.41, 5.74) is 1.72. The maximum Gasteiger partial charge on any atom is 0.230 e. The van der Waals surface area contributed by atoms with Crippen molar-refractivity contribution < 1.29 is 22.7 Å². The standard InChI is InChI=1S/C27H28N4O5S2/c1-35-23-14-13-20(17-24(23)36-2)15-16-28-26(32)18-37-27-30-29-25(31(27)21-9-5-3-6-10-21)19-38(33,34)22-11-7-4-8-12-22/h3-14,17H,15-16,18-19H2,1-2H3,(H,28,32). The van der Waals surface area contributed by atoms with Crippen LogP contribution < -0.4 is 14.8 Å². The second-order valence-electron chi connectivity index (χ2n) is 8.22. The van der Waals surface area contributed by atoms with E-state index in [1.54, 1.807) is 49.1 Å². The zero-order valence-electron chi connectivity index (χ0n) is 21.0. The van der Waals surface area contributed by atoms with Crippen LogP contribution in [0.4, 0.5) is 0 Å². The van der Waals surface area contributed by atoms with Crippen LogP contribution >= 0.6 is 11.8 Å². The largest absolute Gasteiger partial charge is 0.493 e. The first-order chi connectivity index (χ1) is 18.4. The zero-order chi connectivity index (χ0) is 27.0. The van der Waals surface area contributed by atoms with E-state index >= 15 is 0 Å². The van der Waals surface area contributed by atoms with Gasteiger partial charge in [-0.25, -0.2) is 8.42 Å². The number of hydrogen-bond acceptors (Lipinski definition) is 8. The van der Waals surface area contributed by atoms with E-state index in [1.807, 2.05) is 48.5 Å². The van der Waals surface area contributed by atoms with Crippen LogP contribution in [-0.4, -0.2) is 55.6 Å². The highest BCUT2D eigenvalue weighted by Gasteiger charge is 2.23. The first kappa shape index (κ1) is 27.2. The summed E-state index contributed by atoms with van der Waals surface area (Å²) in [5.74, 6) is 1.17. The van der Waals surface area contributed by atoms with Gasteiger partial charge in [-0.2, -0.15) is 0 Å². The highest BCUT2D eigenvalue weighted by molar-refractivity contribution is 7.99. The summed E-state index contributed by atoms with van der Waals surface area (Å²) in [5, 5.41) is 11.7. The van der Waals surface area contributed by atoms with Gasteiger partial charge >= 0.3 is 0 Å². The Hall–Kier alpha value is -3.83. The van der Waals surface area contributed by atoms with Crippen molar-refractivity contribution >= 4 is 27.5 Å². The number of nitrogens with zero attached hydrogens (tertiary/aromatic N) is 3. The van der Waals surface area contributed by atoms with Gasteiger partial charge in [-0.15, -0.1) is 10.2 Å². The number of ether oxygens (including phenoxy) is 2. The lowest BCUT2D eigenvalue weighted by molar-refractivity contribution is -0.118. The smallest absolute Gasteiger partial charge is 0.230 e. The van der Waals surface area contributed by atoms with Crippen molar-refractivity contribution in [3.63, 3.8) is 0 Å². The minimum Gasteiger partial charge on any atom is -0.493 e. The van der Waals surface area contributed by atoms with Gasteiger partial charge in [0, 0.05) is 12.2 Å². The predicted octanol–water partition coefficient (Wildman–Crippen LogP) is 3.71. The lowest BCUT2D eigenvalue weighted by Gasteiger charge is -2.11. The number of thioether (sulfide) groups is 1. The summed E-state index contributed by atoms with van der Waals surface area (Å²) < 4.78 is 38.3. The summed E-state index contributed by atoms with van der Waals surface area (Å²) in [6, 6.07) is 23.1. The highest BCUT2D eigenvalue weighted by atomic mass is 32.2. The monoisotopic (exact) mass is 552 g/mol. The van der Waals surface area contributed by atoms with Crippen molar-refractivity contribution in [2.75, 3.05) is 26.5 Å². The van der Waals surface area contributed by atoms with E-state index in [0.29, 0.717) is 35.3 Å². The van der Waals surface area contributed by atoms with Crippen molar-refractivity contribution in [3.05, 3.63) is 90.3 Å². The Labute approximate surface area is 226 Å². The van der Waals surface area contributed by atoms with E-state index < -0.39 is 9.84 Å².